The van der Waals surface area contributed by atoms with Crippen molar-refractivity contribution in [1.82, 2.24) is 0 Å². The van der Waals surface area contributed by atoms with Crippen molar-refractivity contribution in [2.24, 2.45) is 5.73 Å². The fourth-order valence-electron chi connectivity index (χ4n) is 2.83. The van der Waals surface area contributed by atoms with Crippen LogP contribution in [0.15, 0.2) is 0 Å². The summed E-state index contributed by atoms with van der Waals surface area (Å²) >= 11 is 0. The first-order valence-corrected chi connectivity index (χ1v) is 8.79. The van der Waals surface area contributed by atoms with E-state index in [2.05, 4.69) is 6.92 Å². The molecule has 0 spiro atoms. The van der Waals surface area contributed by atoms with Crippen LogP contribution < -0.4 is 5.73 Å². The van der Waals surface area contributed by atoms with Gasteiger partial charge in [-0.3, -0.25) is 4.79 Å². The maximum atomic E-state index is 10.8. The summed E-state index contributed by atoms with van der Waals surface area (Å²) in [6, 6.07) is 0. The van der Waals surface area contributed by atoms with Crippen LogP contribution in [0.4, 0.5) is 0 Å². The molecule has 3 atom stereocenters. The largest absolute Gasteiger partial charge is 0.390 e. The highest BCUT2D eigenvalue weighted by Crippen LogP contribution is 2.27. The van der Waals surface area contributed by atoms with Crippen LogP contribution in [0.1, 0.15) is 84.0 Å². The minimum absolute atomic E-state index is 0.342. The number of primary amides is 1. The monoisotopic (exact) mass is 299 g/mol. The SMILES string of the molecule is CCCCCCCCCCCCCC(O)[C@H]1O[C@H]1C(N)=O. The van der Waals surface area contributed by atoms with Gasteiger partial charge in [-0.05, 0) is 6.42 Å². The first kappa shape index (κ1) is 18.4. The minimum atomic E-state index is -0.548. The van der Waals surface area contributed by atoms with Gasteiger partial charge in [0.1, 0.15) is 6.10 Å². The highest BCUT2D eigenvalue weighted by molar-refractivity contribution is 5.81. The molecule has 1 aliphatic rings. The Balaban J connectivity index is 1.80. The lowest BCUT2D eigenvalue weighted by molar-refractivity contribution is -0.119. The number of rotatable bonds is 14. The summed E-state index contributed by atoms with van der Waals surface area (Å²) in [6.45, 7) is 2.25. The summed E-state index contributed by atoms with van der Waals surface area (Å²) in [5.41, 5.74) is 5.11. The zero-order valence-corrected chi connectivity index (χ0v) is 13.6. The molecule has 0 aliphatic carbocycles. The zero-order chi connectivity index (χ0) is 15.5. The summed E-state index contributed by atoms with van der Waals surface area (Å²) in [7, 11) is 0. The van der Waals surface area contributed by atoms with Crippen LogP contribution in [-0.2, 0) is 9.53 Å². The van der Waals surface area contributed by atoms with Gasteiger partial charge in [0.05, 0.1) is 6.10 Å². The maximum Gasteiger partial charge on any atom is 0.249 e. The van der Waals surface area contributed by atoms with Gasteiger partial charge in [-0.2, -0.15) is 0 Å². The normalized spacial score (nSPS) is 22.2. The van der Waals surface area contributed by atoms with Gasteiger partial charge in [-0.25, -0.2) is 0 Å². The second-order valence-corrected chi connectivity index (χ2v) is 6.32. The molecule has 0 bridgehead atoms. The van der Waals surface area contributed by atoms with Crippen LogP contribution in [0.5, 0.6) is 0 Å². The Kier molecular flexibility index (Phi) is 9.68. The molecule has 0 saturated carbocycles. The quantitative estimate of drug-likeness (QED) is 0.382. The van der Waals surface area contributed by atoms with E-state index in [4.69, 9.17) is 10.5 Å². The Labute approximate surface area is 129 Å². The van der Waals surface area contributed by atoms with Crippen molar-refractivity contribution in [3.63, 3.8) is 0 Å². The number of unbranched alkanes of at least 4 members (excludes halogenated alkanes) is 10. The molecule has 1 heterocycles. The molecule has 0 aromatic rings. The highest BCUT2D eigenvalue weighted by Gasteiger charge is 2.48. The molecule has 124 valence electrons. The van der Waals surface area contributed by atoms with Crippen LogP contribution in [0.25, 0.3) is 0 Å². The van der Waals surface area contributed by atoms with Gasteiger partial charge in [-0.15, -0.1) is 0 Å². The number of nitrogens with two attached hydrogens (primary N) is 1. The Morgan fingerprint density at radius 3 is 1.90 bits per heavy atom. The first-order valence-electron chi connectivity index (χ1n) is 8.79. The van der Waals surface area contributed by atoms with Crippen molar-refractivity contribution in [3.8, 4) is 0 Å². The third-order valence-electron chi connectivity index (χ3n) is 4.29. The summed E-state index contributed by atoms with van der Waals surface area (Å²) in [5.74, 6) is -0.460. The van der Waals surface area contributed by atoms with Crippen LogP contribution >= 0.6 is 0 Å². The molecule has 1 fully saturated rings. The predicted octanol–water partition coefficient (Wildman–Crippen LogP) is 3.30. The van der Waals surface area contributed by atoms with Crippen molar-refractivity contribution >= 4 is 5.91 Å². The molecule has 1 saturated heterocycles. The number of aliphatic hydroxyl groups is 1. The molecule has 0 aromatic carbocycles. The Morgan fingerprint density at radius 1 is 1.00 bits per heavy atom. The standard InChI is InChI=1S/C17H33NO3/c1-2-3-4-5-6-7-8-9-10-11-12-13-14(19)15-16(21-15)17(18)20/h14-16,19H,2-13H2,1H3,(H2,18,20)/t14?,15-,16-/m1/s1. The van der Waals surface area contributed by atoms with Gasteiger partial charge in [-0.1, -0.05) is 77.6 Å². The number of aliphatic hydroxyl groups excluding tert-OH is 1. The fraction of sp³-hybridized carbons (Fsp3) is 0.941. The fourth-order valence-corrected chi connectivity index (χ4v) is 2.83. The van der Waals surface area contributed by atoms with Crippen molar-refractivity contribution < 1.29 is 14.6 Å². The van der Waals surface area contributed by atoms with Crippen molar-refractivity contribution in [2.75, 3.05) is 0 Å². The number of hydrogen-bond donors (Lipinski definition) is 2. The molecule has 0 radical (unpaired) electrons. The summed E-state index contributed by atoms with van der Waals surface area (Å²) < 4.78 is 5.07. The average Bonchev–Trinajstić information content (AvgIpc) is 3.25. The van der Waals surface area contributed by atoms with Gasteiger partial charge in [0, 0.05) is 0 Å². The lowest BCUT2D eigenvalue weighted by atomic mass is 10.0. The molecule has 0 aromatic heterocycles. The van der Waals surface area contributed by atoms with E-state index >= 15 is 0 Å². The summed E-state index contributed by atoms with van der Waals surface area (Å²) in [5, 5.41) is 9.82. The molecule has 4 heteroatoms. The number of carbonyl (C=O) groups excluding carboxylic acids is 1. The minimum Gasteiger partial charge on any atom is -0.390 e. The molecular weight excluding hydrogens is 266 g/mol. The van der Waals surface area contributed by atoms with E-state index in [9.17, 15) is 9.90 Å². The second-order valence-electron chi connectivity index (χ2n) is 6.32. The van der Waals surface area contributed by atoms with E-state index in [1.54, 1.807) is 0 Å². The molecule has 21 heavy (non-hydrogen) atoms. The molecule has 1 rings (SSSR count). The third-order valence-corrected chi connectivity index (χ3v) is 4.29. The number of hydrogen-bond acceptors (Lipinski definition) is 3. The number of epoxide rings is 1. The number of ether oxygens (including phenoxy) is 1. The number of carbonyl (C=O) groups is 1. The van der Waals surface area contributed by atoms with Gasteiger partial charge in [0.25, 0.3) is 0 Å². The average molecular weight is 299 g/mol. The summed E-state index contributed by atoms with van der Waals surface area (Å²) in [4.78, 5) is 10.8. The van der Waals surface area contributed by atoms with E-state index in [0.29, 0.717) is 6.42 Å². The Hall–Kier alpha value is -0.610. The molecule has 3 N–H and O–H groups in total. The first-order chi connectivity index (χ1) is 10.2. The molecule has 1 unspecified atom stereocenters. The molecule has 1 amide bonds. The van der Waals surface area contributed by atoms with E-state index in [-0.39, 0.29) is 6.10 Å². The van der Waals surface area contributed by atoms with E-state index < -0.39 is 18.1 Å². The topological polar surface area (TPSA) is 75.8 Å². The molecule has 1 aliphatic heterocycles. The maximum absolute atomic E-state index is 10.8. The predicted molar refractivity (Wildman–Crippen MR) is 84.9 cm³/mol. The van der Waals surface area contributed by atoms with E-state index in [1.807, 2.05) is 0 Å². The number of amides is 1. The second kappa shape index (κ2) is 11.0. The summed E-state index contributed by atoms with van der Waals surface area (Å²) in [6.07, 6.45) is 13.6. The van der Waals surface area contributed by atoms with Gasteiger partial charge in [0.15, 0.2) is 6.10 Å². The van der Waals surface area contributed by atoms with E-state index in [0.717, 1.165) is 12.8 Å². The van der Waals surface area contributed by atoms with Crippen LogP contribution in [0.3, 0.4) is 0 Å². The van der Waals surface area contributed by atoms with Crippen molar-refractivity contribution in [1.29, 1.82) is 0 Å². The van der Waals surface area contributed by atoms with Crippen LogP contribution in [0, 0.1) is 0 Å². The van der Waals surface area contributed by atoms with Gasteiger partial charge < -0.3 is 15.6 Å². The Morgan fingerprint density at radius 2 is 1.48 bits per heavy atom. The smallest absolute Gasteiger partial charge is 0.249 e. The van der Waals surface area contributed by atoms with Crippen molar-refractivity contribution in [3.05, 3.63) is 0 Å². The van der Waals surface area contributed by atoms with E-state index in [1.165, 1.54) is 57.8 Å². The molecule has 4 nitrogen and oxygen atoms in total. The van der Waals surface area contributed by atoms with Gasteiger partial charge in [0.2, 0.25) is 5.91 Å². The third kappa shape index (κ3) is 8.42. The van der Waals surface area contributed by atoms with Crippen molar-refractivity contribution in [2.45, 2.75) is 102 Å². The highest BCUT2D eigenvalue weighted by atomic mass is 16.6. The lowest BCUT2D eigenvalue weighted by Gasteiger charge is -2.07. The van der Waals surface area contributed by atoms with Crippen LogP contribution in [0.2, 0.25) is 0 Å². The Bertz CT molecular complexity index is 283. The van der Waals surface area contributed by atoms with Crippen LogP contribution in [-0.4, -0.2) is 29.3 Å². The zero-order valence-electron chi connectivity index (χ0n) is 13.6. The molecular formula is C17H33NO3. The van der Waals surface area contributed by atoms with Gasteiger partial charge >= 0.3 is 0 Å². The lowest BCUT2D eigenvalue weighted by Crippen LogP contribution is -2.25.